The monoisotopic (exact) mass is 633 g/mol. The van der Waals surface area contributed by atoms with Crippen LogP contribution in [0.3, 0.4) is 0 Å². The van der Waals surface area contributed by atoms with Crippen LogP contribution in [0.5, 0.6) is 0 Å². The van der Waals surface area contributed by atoms with Crippen LogP contribution >= 0.6 is 22.9 Å². The number of Topliss-reactive ketones (excluding diaryl/α,β-unsaturated/α-hetero) is 2. The zero-order valence-corrected chi connectivity index (χ0v) is 25.7. The number of carbonyl (C=O) groups excluding carboxylic acids is 3. The van der Waals surface area contributed by atoms with Gasteiger partial charge in [-0.1, -0.05) is 59.3 Å². The zero-order chi connectivity index (χ0) is 30.3. The van der Waals surface area contributed by atoms with Crippen LogP contribution in [-0.4, -0.2) is 44.0 Å². The number of amides is 1. The molecule has 0 bridgehead atoms. The van der Waals surface area contributed by atoms with Gasteiger partial charge in [0.15, 0.2) is 10.9 Å². The molecule has 2 aliphatic heterocycles. The number of hydrogen-bond donors (Lipinski definition) is 0. The molecule has 0 radical (unpaired) electrons. The lowest BCUT2D eigenvalue weighted by molar-refractivity contribution is -0.135. The van der Waals surface area contributed by atoms with Crippen LogP contribution in [0, 0.1) is 12.8 Å². The van der Waals surface area contributed by atoms with Crippen molar-refractivity contribution in [3.8, 4) is 0 Å². The van der Waals surface area contributed by atoms with Gasteiger partial charge in [0.2, 0.25) is 15.6 Å². The first kappa shape index (κ1) is 29.2. The van der Waals surface area contributed by atoms with E-state index in [0.717, 1.165) is 59.8 Å². The Kier molecular flexibility index (Phi) is 7.93. The molecular formula is C32H28ClN3O5S2. The van der Waals surface area contributed by atoms with Gasteiger partial charge in [-0.05, 0) is 73.7 Å². The number of sulfone groups is 1. The lowest BCUT2D eigenvalue weighted by Gasteiger charge is -2.31. The third-order valence-corrected chi connectivity index (χ3v) is 11.4. The summed E-state index contributed by atoms with van der Waals surface area (Å²) in [5.41, 5.74) is 2.58. The van der Waals surface area contributed by atoms with Crippen LogP contribution in [0.15, 0.2) is 88.1 Å². The van der Waals surface area contributed by atoms with E-state index in [1.165, 1.54) is 18.3 Å². The molecule has 4 aromatic rings. The summed E-state index contributed by atoms with van der Waals surface area (Å²) < 4.78 is 26.5. The van der Waals surface area contributed by atoms with Crippen molar-refractivity contribution in [3.63, 3.8) is 0 Å². The van der Waals surface area contributed by atoms with Gasteiger partial charge in [-0.15, -0.1) is 0 Å². The third-order valence-electron chi connectivity index (χ3n) is 7.89. The van der Waals surface area contributed by atoms with Crippen LogP contribution in [0.1, 0.15) is 46.8 Å². The molecule has 6 rings (SSSR count). The summed E-state index contributed by atoms with van der Waals surface area (Å²) in [6.07, 6.45) is 4.29. The van der Waals surface area contributed by atoms with E-state index in [9.17, 15) is 22.8 Å². The molecule has 0 aliphatic carbocycles. The van der Waals surface area contributed by atoms with Gasteiger partial charge in [0.05, 0.1) is 17.1 Å². The number of anilines is 2. The molecule has 3 heterocycles. The van der Waals surface area contributed by atoms with E-state index in [2.05, 4.69) is 9.88 Å². The van der Waals surface area contributed by atoms with Gasteiger partial charge < -0.3 is 4.90 Å². The molecule has 2 aliphatic rings. The summed E-state index contributed by atoms with van der Waals surface area (Å²) in [4.78, 5) is 49.5. The maximum atomic E-state index is 14.4. The number of ketones is 2. The minimum Gasteiger partial charge on any atom is -0.371 e. The van der Waals surface area contributed by atoms with Crippen molar-refractivity contribution >= 4 is 61.1 Å². The highest BCUT2D eigenvalue weighted by Gasteiger charge is 2.54. The maximum absolute atomic E-state index is 14.4. The Labute approximate surface area is 258 Å². The smallest absolute Gasteiger partial charge is 0.297 e. The quantitative estimate of drug-likeness (QED) is 0.138. The van der Waals surface area contributed by atoms with E-state index < -0.39 is 39.3 Å². The van der Waals surface area contributed by atoms with E-state index in [1.807, 2.05) is 19.1 Å². The molecule has 43 heavy (non-hydrogen) atoms. The van der Waals surface area contributed by atoms with E-state index in [-0.39, 0.29) is 14.2 Å². The minimum absolute atomic E-state index is 0.00768. The highest BCUT2D eigenvalue weighted by atomic mass is 35.5. The van der Waals surface area contributed by atoms with Crippen LogP contribution in [0.25, 0.3) is 0 Å². The summed E-state index contributed by atoms with van der Waals surface area (Å²) >= 11 is 7.12. The van der Waals surface area contributed by atoms with Crippen LogP contribution < -0.4 is 9.80 Å². The summed E-state index contributed by atoms with van der Waals surface area (Å²) in [5, 5.41) is 0.375. The molecule has 8 nitrogen and oxygen atoms in total. The predicted octanol–water partition coefficient (Wildman–Crippen LogP) is 6.08. The molecule has 0 spiro atoms. The lowest BCUT2D eigenvalue weighted by Crippen LogP contribution is -2.33. The van der Waals surface area contributed by atoms with Gasteiger partial charge in [0.25, 0.3) is 5.91 Å². The molecule has 2 saturated heterocycles. The zero-order valence-electron chi connectivity index (χ0n) is 23.3. The summed E-state index contributed by atoms with van der Waals surface area (Å²) in [6.45, 7) is 3.54. The van der Waals surface area contributed by atoms with E-state index in [4.69, 9.17) is 11.6 Å². The minimum atomic E-state index is -3.92. The van der Waals surface area contributed by atoms with Gasteiger partial charge in [-0.3, -0.25) is 19.3 Å². The first-order valence-corrected chi connectivity index (χ1v) is 16.6. The number of carbonyl (C=O) groups is 3. The second kappa shape index (κ2) is 11.7. The second-order valence-corrected chi connectivity index (χ2v) is 14.3. The normalized spacial score (nSPS) is 19.2. The summed E-state index contributed by atoms with van der Waals surface area (Å²) in [6, 6.07) is 19.0. The highest BCUT2D eigenvalue weighted by molar-refractivity contribution is 7.93. The predicted molar refractivity (Wildman–Crippen MR) is 166 cm³/mol. The molecular weight excluding hydrogens is 606 g/mol. The number of piperidine rings is 1. The molecule has 1 amide bonds. The molecule has 0 N–H and O–H groups in total. The Balaban J connectivity index is 1.45. The Morgan fingerprint density at radius 3 is 2.42 bits per heavy atom. The van der Waals surface area contributed by atoms with E-state index >= 15 is 0 Å². The highest BCUT2D eigenvalue weighted by Crippen LogP contribution is 2.45. The molecule has 2 fully saturated rings. The molecule has 3 aromatic carbocycles. The maximum Gasteiger partial charge on any atom is 0.297 e. The number of aryl methyl sites for hydroxylation is 1. The molecule has 2 atom stereocenters. The van der Waals surface area contributed by atoms with Crippen LogP contribution in [0.2, 0.25) is 5.02 Å². The Hall–Kier alpha value is -3.86. The second-order valence-electron chi connectivity index (χ2n) is 10.7. The first-order valence-electron chi connectivity index (χ1n) is 14.0. The molecule has 220 valence electrons. The van der Waals surface area contributed by atoms with Gasteiger partial charge in [-0.2, -0.15) is 0 Å². The van der Waals surface area contributed by atoms with E-state index in [0.29, 0.717) is 16.1 Å². The van der Waals surface area contributed by atoms with Gasteiger partial charge in [0.1, 0.15) is 10.1 Å². The fraction of sp³-hybridized carbons (Fsp3) is 0.250. The third kappa shape index (κ3) is 5.39. The van der Waals surface area contributed by atoms with Crippen molar-refractivity contribution in [1.29, 1.82) is 0 Å². The number of nitrogens with zero attached hydrogens (tertiary/aromatic N) is 3. The van der Waals surface area contributed by atoms with Crippen molar-refractivity contribution in [3.05, 3.63) is 101 Å². The molecule has 11 heteroatoms. The number of hydrogen-bond acceptors (Lipinski definition) is 8. The molecule has 0 saturated carbocycles. The van der Waals surface area contributed by atoms with Crippen molar-refractivity contribution in [1.82, 2.24) is 4.98 Å². The topological polar surface area (TPSA) is 105 Å². The van der Waals surface area contributed by atoms with E-state index in [1.54, 1.807) is 48.5 Å². The van der Waals surface area contributed by atoms with Crippen molar-refractivity contribution < 1.29 is 22.8 Å². The van der Waals surface area contributed by atoms with Crippen LogP contribution in [-0.2, 0) is 19.4 Å². The van der Waals surface area contributed by atoms with Crippen molar-refractivity contribution in [2.24, 2.45) is 5.92 Å². The SMILES string of the molecule is Cc1ccc(C(=O)C2C(=O)C(=O)N(c3ncc(S(=O)(=O)c4ccccc4)s3)C2c2cccc(Cl)c2)c(N2CCCCC2)c1. The van der Waals surface area contributed by atoms with Crippen LogP contribution in [0.4, 0.5) is 10.8 Å². The standard InChI is InChI=1S/C32H28ClN3O5S2/c1-20-13-14-24(25(17-20)35-15-6-3-7-16-35)29(37)27-28(21-9-8-10-22(33)18-21)36(31(39)30(27)38)32-34-19-26(42-32)43(40,41)23-11-4-2-5-12-23/h2,4-5,8-14,17-19,27-28H,3,6-7,15-16H2,1H3. The number of benzene rings is 3. The average molecular weight is 634 g/mol. The number of rotatable bonds is 7. The summed E-state index contributed by atoms with van der Waals surface area (Å²) in [5.74, 6) is -3.65. The number of thiazole rings is 1. The first-order chi connectivity index (χ1) is 20.7. The average Bonchev–Trinajstić information content (AvgIpc) is 3.61. The van der Waals surface area contributed by atoms with Crippen molar-refractivity contribution in [2.45, 2.75) is 41.3 Å². The molecule has 1 aromatic heterocycles. The Morgan fingerprint density at radius 1 is 0.953 bits per heavy atom. The van der Waals surface area contributed by atoms with Gasteiger partial charge in [0, 0.05) is 29.4 Å². The van der Waals surface area contributed by atoms with Gasteiger partial charge >= 0.3 is 0 Å². The fourth-order valence-electron chi connectivity index (χ4n) is 5.79. The Bertz CT molecular complexity index is 1830. The summed E-state index contributed by atoms with van der Waals surface area (Å²) in [7, 11) is -3.92. The number of aromatic nitrogens is 1. The molecule has 2 unspecified atom stereocenters. The number of halogens is 1. The van der Waals surface area contributed by atoms with Gasteiger partial charge in [-0.25, -0.2) is 13.4 Å². The van der Waals surface area contributed by atoms with Crippen molar-refractivity contribution in [2.75, 3.05) is 22.9 Å². The largest absolute Gasteiger partial charge is 0.371 e. The Morgan fingerprint density at radius 2 is 1.70 bits per heavy atom. The fourth-order valence-corrected chi connectivity index (χ4v) is 8.56. The lowest BCUT2D eigenvalue weighted by atomic mass is 9.85.